The number of nitrogens with two attached hydrogens (primary N) is 1. The summed E-state index contributed by atoms with van der Waals surface area (Å²) in [7, 11) is 0. The molecule has 0 fully saturated rings. The largest absolute Gasteiger partial charge is 0.368 e. The van der Waals surface area contributed by atoms with Gasteiger partial charge in [0.05, 0.1) is 5.69 Å². The van der Waals surface area contributed by atoms with E-state index in [9.17, 15) is 0 Å². The molecule has 2 aliphatic rings. The molecular weight excluding hydrogens is 460 g/mol. The number of nitrogens with one attached hydrogen (secondary N) is 2. The fraction of sp³-hybridized carbons (Fsp3) is 0.379. The maximum Gasteiger partial charge on any atom is 0.248 e. The molecule has 8 nitrogen and oxygen atoms in total. The van der Waals surface area contributed by atoms with Crippen LogP contribution in [0.25, 0.3) is 17.1 Å². The van der Waals surface area contributed by atoms with E-state index in [-0.39, 0.29) is 5.95 Å². The third kappa shape index (κ3) is 4.93. The van der Waals surface area contributed by atoms with Crippen LogP contribution >= 0.6 is 0 Å². The van der Waals surface area contributed by atoms with Crippen LogP contribution in [-0.4, -0.2) is 37.5 Å². The van der Waals surface area contributed by atoms with Crippen molar-refractivity contribution in [2.24, 2.45) is 0 Å². The van der Waals surface area contributed by atoms with E-state index in [0.29, 0.717) is 17.8 Å². The molecule has 0 radical (unpaired) electrons. The number of nitrogens with zero attached hydrogens (tertiary/aromatic N) is 5. The Balaban J connectivity index is 1.21. The Morgan fingerprint density at radius 3 is 2.65 bits per heavy atom. The van der Waals surface area contributed by atoms with Gasteiger partial charge >= 0.3 is 0 Å². The molecule has 1 atom stereocenters. The van der Waals surface area contributed by atoms with E-state index in [1.807, 2.05) is 6.07 Å². The molecule has 0 aliphatic heterocycles. The average molecular weight is 495 g/mol. The lowest BCUT2D eigenvalue weighted by Crippen LogP contribution is -2.29. The van der Waals surface area contributed by atoms with Crippen molar-refractivity contribution in [3.63, 3.8) is 0 Å². The predicted molar refractivity (Wildman–Crippen MR) is 147 cm³/mol. The van der Waals surface area contributed by atoms with E-state index >= 15 is 0 Å². The first-order chi connectivity index (χ1) is 18.2. The monoisotopic (exact) mass is 494 g/mol. The van der Waals surface area contributed by atoms with E-state index in [4.69, 9.17) is 5.73 Å². The van der Waals surface area contributed by atoms with Crippen molar-refractivity contribution in [1.82, 2.24) is 30.3 Å². The lowest BCUT2D eigenvalue weighted by Gasteiger charge is -2.15. The molecule has 2 aromatic carbocycles. The third-order valence-corrected chi connectivity index (χ3v) is 7.54. The molecular formula is C29H34N8. The summed E-state index contributed by atoms with van der Waals surface area (Å²) in [5.74, 6) is 1.32. The smallest absolute Gasteiger partial charge is 0.248 e. The molecule has 0 unspecified atom stereocenters. The molecule has 190 valence electrons. The number of fused-ring (bicyclic) bond motifs is 4. The number of rotatable bonds is 6. The van der Waals surface area contributed by atoms with Gasteiger partial charge in [0, 0.05) is 17.3 Å². The van der Waals surface area contributed by atoms with Crippen LogP contribution in [0.1, 0.15) is 54.9 Å². The maximum atomic E-state index is 6.27. The summed E-state index contributed by atoms with van der Waals surface area (Å²) >= 11 is 0. The third-order valence-electron chi connectivity index (χ3n) is 7.54. The zero-order valence-electron chi connectivity index (χ0n) is 21.4. The number of aromatic nitrogens is 5. The summed E-state index contributed by atoms with van der Waals surface area (Å²) in [5.41, 5.74) is 14.7. The second-order valence-corrected chi connectivity index (χ2v) is 10.1. The highest BCUT2D eigenvalue weighted by Crippen LogP contribution is 2.31. The molecule has 0 spiro atoms. The lowest BCUT2D eigenvalue weighted by atomic mass is 10.0. The highest BCUT2D eigenvalue weighted by atomic mass is 15.4. The van der Waals surface area contributed by atoms with Crippen LogP contribution in [0, 0.1) is 0 Å². The summed E-state index contributed by atoms with van der Waals surface area (Å²) in [6.45, 7) is 3.31. The Bertz CT molecular complexity index is 1410. The van der Waals surface area contributed by atoms with Gasteiger partial charge in [0.1, 0.15) is 0 Å². The van der Waals surface area contributed by atoms with E-state index in [0.717, 1.165) is 62.0 Å². The number of anilines is 3. The van der Waals surface area contributed by atoms with E-state index in [1.165, 1.54) is 35.1 Å². The fourth-order valence-corrected chi connectivity index (χ4v) is 5.59. The molecule has 8 heteroatoms. The lowest BCUT2D eigenvalue weighted by molar-refractivity contribution is 0.464. The summed E-state index contributed by atoms with van der Waals surface area (Å²) in [6, 6.07) is 17.7. The van der Waals surface area contributed by atoms with E-state index < -0.39 is 0 Å². The summed E-state index contributed by atoms with van der Waals surface area (Å²) in [4.78, 5) is 4.47. The molecule has 0 saturated carbocycles. The summed E-state index contributed by atoms with van der Waals surface area (Å²) in [5, 5.41) is 20.7. The SMILES string of the molecule is CCCN[C@@H]1CCc2ccc(Nc3nc(N)n(-c4cc5c(nn4)-c4ccccc4CCC5)n3)cc2CC1. The molecule has 0 saturated heterocycles. The maximum absolute atomic E-state index is 6.27. The van der Waals surface area contributed by atoms with Gasteiger partial charge in [0.15, 0.2) is 5.82 Å². The highest BCUT2D eigenvalue weighted by Gasteiger charge is 2.20. The second kappa shape index (κ2) is 10.3. The predicted octanol–water partition coefficient (Wildman–Crippen LogP) is 4.79. The van der Waals surface area contributed by atoms with Crippen LogP contribution in [0.15, 0.2) is 48.5 Å². The van der Waals surface area contributed by atoms with Crippen molar-refractivity contribution in [3.8, 4) is 17.1 Å². The number of hydrogen-bond donors (Lipinski definition) is 3. The molecule has 4 N–H and O–H groups in total. The molecule has 0 amide bonds. The minimum absolute atomic E-state index is 0.283. The van der Waals surface area contributed by atoms with Gasteiger partial charge in [0.2, 0.25) is 11.9 Å². The summed E-state index contributed by atoms with van der Waals surface area (Å²) in [6.07, 6.45) is 8.76. The van der Waals surface area contributed by atoms with Gasteiger partial charge < -0.3 is 16.4 Å². The molecule has 0 bridgehead atoms. The van der Waals surface area contributed by atoms with Crippen LogP contribution in [0.2, 0.25) is 0 Å². The van der Waals surface area contributed by atoms with Gasteiger partial charge in [-0.2, -0.15) is 9.67 Å². The van der Waals surface area contributed by atoms with Crippen LogP contribution in [-0.2, 0) is 25.7 Å². The first-order valence-corrected chi connectivity index (χ1v) is 13.5. The molecule has 6 rings (SSSR count). The van der Waals surface area contributed by atoms with Crippen LogP contribution in [0.5, 0.6) is 0 Å². The number of benzene rings is 2. The molecule has 2 aliphatic carbocycles. The van der Waals surface area contributed by atoms with Crippen molar-refractivity contribution in [2.75, 3.05) is 17.6 Å². The van der Waals surface area contributed by atoms with Gasteiger partial charge in [-0.05, 0) is 98.4 Å². The highest BCUT2D eigenvalue weighted by molar-refractivity contribution is 5.68. The Hall–Kier alpha value is -3.78. The van der Waals surface area contributed by atoms with Gasteiger partial charge in [-0.15, -0.1) is 15.3 Å². The van der Waals surface area contributed by atoms with Crippen molar-refractivity contribution in [3.05, 3.63) is 70.8 Å². The first-order valence-electron chi connectivity index (χ1n) is 13.5. The Kier molecular flexibility index (Phi) is 6.57. The standard InChI is InChI=1S/C29H34N8/c1-2-16-31-23-13-10-19-11-15-24(17-21(19)12-14-23)32-29-33-28(30)37(36-29)26-18-22-8-5-7-20-6-3-4-9-25(20)27(22)35-34-26/h3-4,6,9,11,15,17-18,23,31H,2,5,7-8,10,12-14,16H2,1H3,(H3,30,32,33,36)/t23-/m1/s1. The van der Waals surface area contributed by atoms with Crippen LogP contribution in [0.4, 0.5) is 17.6 Å². The average Bonchev–Trinajstić information content (AvgIpc) is 3.06. The van der Waals surface area contributed by atoms with Crippen molar-refractivity contribution in [1.29, 1.82) is 0 Å². The fourth-order valence-electron chi connectivity index (χ4n) is 5.59. The van der Waals surface area contributed by atoms with E-state index in [2.05, 4.69) is 80.3 Å². The van der Waals surface area contributed by atoms with Crippen molar-refractivity contribution in [2.45, 2.75) is 64.3 Å². The van der Waals surface area contributed by atoms with Crippen molar-refractivity contribution < 1.29 is 0 Å². The van der Waals surface area contributed by atoms with Gasteiger partial charge in [-0.3, -0.25) is 0 Å². The topological polar surface area (TPSA) is 107 Å². The molecule has 4 aromatic rings. The van der Waals surface area contributed by atoms with Gasteiger partial charge in [-0.1, -0.05) is 37.3 Å². The molecule has 2 aromatic heterocycles. The van der Waals surface area contributed by atoms with Crippen LogP contribution in [0.3, 0.4) is 0 Å². The zero-order valence-corrected chi connectivity index (χ0v) is 21.4. The van der Waals surface area contributed by atoms with Gasteiger partial charge in [-0.25, -0.2) is 0 Å². The minimum Gasteiger partial charge on any atom is -0.368 e. The Morgan fingerprint density at radius 2 is 1.76 bits per heavy atom. The number of aryl methyl sites for hydroxylation is 4. The normalized spacial score (nSPS) is 16.7. The number of hydrogen-bond acceptors (Lipinski definition) is 7. The zero-order chi connectivity index (χ0) is 25.2. The number of nitrogen functional groups attached to an aromatic ring is 1. The minimum atomic E-state index is 0.283. The van der Waals surface area contributed by atoms with Crippen molar-refractivity contribution >= 4 is 17.6 Å². The molecule has 2 heterocycles. The first kappa shape index (κ1) is 23.6. The van der Waals surface area contributed by atoms with E-state index in [1.54, 1.807) is 4.68 Å². The molecule has 37 heavy (non-hydrogen) atoms. The second-order valence-electron chi connectivity index (χ2n) is 10.1. The van der Waals surface area contributed by atoms with Crippen LogP contribution < -0.4 is 16.4 Å². The Labute approximate surface area is 217 Å². The van der Waals surface area contributed by atoms with Gasteiger partial charge in [0.25, 0.3) is 0 Å². The summed E-state index contributed by atoms with van der Waals surface area (Å²) < 4.78 is 1.57. The Morgan fingerprint density at radius 1 is 0.919 bits per heavy atom. The quantitative estimate of drug-likeness (QED) is 0.331.